The highest BCUT2D eigenvalue weighted by Gasteiger charge is 2.49. The first-order valence-corrected chi connectivity index (χ1v) is 11.5. The van der Waals surface area contributed by atoms with Crippen LogP contribution >= 0.6 is 0 Å². The molecular weight excluding hydrogens is 309 g/mol. The molecule has 0 bridgehead atoms. The third kappa shape index (κ3) is 4.58. The SMILES string of the molecule is [B][C@@H]1O[C@H](CN2CCOCC2)C(O[Si](C)(C)C(C)(C)C)[C@@H]1OC. The summed E-state index contributed by atoms with van der Waals surface area (Å²) in [5.74, 6) is 0. The van der Waals surface area contributed by atoms with E-state index < -0.39 is 14.3 Å². The van der Waals surface area contributed by atoms with Gasteiger partial charge < -0.3 is 18.6 Å². The maximum atomic E-state index is 6.64. The summed E-state index contributed by atoms with van der Waals surface area (Å²) in [6.45, 7) is 15.5. The zero-order valence-corrected chi connectivity index (χ0v) is 16.5. The van der Waals surface area contributed by atoms with Crippen LogP contribution < -0.4 is 0 Å². The van der Waals surface area contributed by atoms with Gasteiger partial charge in [0, 0.05) is 32.7 Å². The Labute approximate surface area is 143 Å². The van der Waals surface area contributed by atoms with Gasteiger partial charge in [-0.3, -0.25) is 4.90 Å². The molecule has 2 aliphatic heterocycles. The molecule has 2 aliphatic rings. The summed E-state index contributed by atoms with van der Waals surface area (Å²) in [4.78, 5) is 2.36. The molecular formula is C16H32BNO4Si. The number of hydrogen-bond acceptors (Lipinski definition) is 5. The van der Waals surface area contributed by atoms with E-state index in [9.17, 15) is 0 Å². The predicted molar refractivity (Wildman–Crippen MR) is 94.5 cm³/mol. The van der Waals surface area contributed by atoms with Crippen molar-refractivity contribution in [2.45, 2.75) is 63.2 Å². The zero-order valence-electron chi connectivity index (χ0n) is 15.5. The molecule has 2 heterocycles. The molecule has 23 heavy (non-hydrogen) atoms. The fraction of sp³-hybridized carbons (Fsp3) is 1.00. The zero-order chi connectivity index (χ0) is 17.3. The van der Waals surface area contributed by atoms with Crippen LogP contribution in [0.2, 0.25) is 18.1 Å². The second kappa shape index (κ2) is 7.54. The molecule has 0 aromatic rings. The highest BCUT2D eigenvalue weighted by Crippen LogP contribution is 2.40. The predicted octanol–water partition coefficient (Wildman–Crippen LogP) is 1.62. The maximum absolute atomic E-state index is 6.64. The number of rotatable bonds is 5. The second-order valence-electron chi connectivity index (χ2n) is 8.10. The van der Waals surface area contributed by atoms with Gasteiger partial charge in [-0.15, -0.1) is 0 Å². The van der Waals surface area contributed by atoms with Gasteiger partial charge in [-0.1, -0.05) is 20.8 Å². The minimum absolute atomic E-state index is 0.0535. The van der Waals surface area contributed by atoms with Gasteiger partial charge in [0.2, 0.25) is 0 Å². The smallest absolute Gasteiger partial charge is 0.192 e. The van der Waals surface area contributed by atoms with Crippen molar-refractivity contribution < 1.29 is 18.6 Å². The van der Waals surface area contributed by atoms with E-state index >= 15 is 0 Å². The molecule has 2 saturated heterocycles. The number of ether oxygens (including phenoxy) is 3. The number of hydrogen-bond donors (Lipinski definition) is 0. The number of nitrogens with zero attached hydrogens (tertiary/aromatic N) is 1. The van der Waals surface area contributed by atoms with E-state index in [4.69, 9.17) is 26.5 Å². The second-order valence-corrected chi connectivity index (χ2v) is 12.9. The minimum Gasteiger partial charge on any atom is -0.408 e. The van der Waals surface area contributed by atoms with Crippen LogP contribution in [0.5, 0.6) is 0 Å². The van der Waals surface area contributed by atoms with E-state index in [1.54, 1.807) is 7.11 Å². The van der Waals surface area contributed by atoms with Gasteiger partial charge in [-0.25, -0.2) is 0 Å². The van der Waals surface area contributed by atoms with Crippen molar-refractivity contribution in [1.82, 2.24) is 4.90 Å². The Morgan fingerprint density at radius 2 is 1.78 bits per heavy atom. The van der Waals surface area contributed by atoms with Crippen LogP contribution in [-0.2, 0) is 18.6 Å². The van der Waals surface area contributed by atoms with E-state index in [1.807, 2.05) is 0 Å². The van der Waals surface area contributed by atoms with E-state index in [0.717, 1.165) is 32.8 Å². The maximum Gasteiger partial charge on any atom is 0.192 e. The van der Waals surface area contributed by atoms with Crippen molar-refractivity contribution in [3.8, 4) is 0 Å². The molecule has 2 radical (unpaired) electrons. The Balaban J connectivity index is 2.09. The summed E-state index contributed by atoms with van der Waals surface area (Å²) in [5.41, 5.74) is 0. The van der Waals surface area contributed by atoms with Crippen LogP contribution in [0.3, 0.4) is 0 Å². The summed E-state index contributed by atoms with van der Waals surface area (Å²) in [6, 6.07) is -0.430. The summed E-state index contributed by atoms with van der Waals surface area (Å²) >= 11 is 0. The summed E-state index contributed by atoms with van der Waals surface area (Å²) < 4.78 is 23.7. The average molecular weight is 341 g/mol. The number of morpholine rings is 1. The van der Waals surface area contributed by atoms with Crippen LogP contribution in [0.1, 0.15) is 20.8 Å². The lowest BCUT2D eigenvalue weighted by molar-refractivity contribution is -0.0229. The normalized spacial score (nSPS) is 34.0. The van der Waals surface area contributed by atoms with Crippen molar-refractivity contribution in [1.29, 1.82) is 0 Å². The van der Waals surface area contributed by atoms with Crippen molar-refractivity contribution >= 4 is 16.2 Å². The molecule has 5 nitrogen and oxygen atoms in total. The van der Waals surface area contributed by atoms with Crippen molar-refractivity contribution in [3.05, 3.63) is 0 Å². The Bertz CT molecular complexity index is 385. The Morgan fingerprint density at radius 1 is 1.17 bits per heavy atom. The molecule has 2 rings (SSSR count). The fourth-order valence-corrected chi connectivity index (χ4v) is 4.19. The standard InChI is InChI=1S/C16H32BNO4Si/c1-16(2,3)23(5,6)22-13-12(21-15(17)14(13)19-4)11-18-7-9-20-10-8-18/h12-15H,7-11H2,1-6H3/t12-,13?,14+,15-/m1/s1. The Hall–Kier alpha value is 0.0818. The van der Waals surface area contributed by atoms with Gasteiger partial charge >= 0.3 is 0 Å². The molecule has 0 saturated carbocycles. The number of methoxy groups -OCH3 is 1. The summed E-state index contributed by atoms with van der Waals surface area (Å²) in [6.07, 6.45) is -0.379. The first-order chi connectivity index (χ1) is 10.7. The monoisotopic (exact) mass is 341 g/mol. The molecule has 1 unspecified atom stereocenters. The van der Waals surface area contributed by atoms with Gasteiger partial charge in [0.05, 0.1) is 19.3 Å². The average Bonchev–Trinajstić information content (AvgIpc) is 2.73. The van der Waals surface area contributed by atoms with Crippen molar-refractivity contribution in [2.24, 2.45) is 0 Å². The summed E-state index contributed by atoms with van der Waals surface area (Å²) in [5, 5.41) is 0.140. The van der Waals surface area contributed by atoms with E-state index in [1.165, 1.54) is 0 Å². The third-order valence-corrected chi connectivity index (χ3v) is 9.87. The molecule has 0 aromatic carbocycles. The largest absolute Gasteiger partial charge is 0.408 e. The molecule has 0 aliphatic carbocycles. The van der Waals surface area contributed by atoms with Crippen LogP contribution in [0.4, 0.5) is 0 Å². The van der Waals surface area contributed by atoms with Crippen molar-refractivity contribution in [2.75, 3.05) is 40.0 Å². The van der Waals surface area contributed by atoms with Gasteiger partial charge in [0.1, 0.15) is 20.1 Å². The molecule has 132 valence electrons. The first kappa shape index (κ1) is 19.4. The lowest BCUT2D eigenvalue weighted by Crippen LogP contribution is -2.52. The minimum atomic E-state index is -1.92. The Morgan fingerprint density at radius 3 is 2.30 bits per heavy atom. The van der Waals surface area contributed by atoms with E-state index in [0.29, 0.717) is 0 Å². The van der Waals surface area contributed by atoms with Gasteiger partial charge in [-0.05, 0) is 18.1 Å². The lowest BCUT2D eigenvalue weighted by Gasteiger charge is -2.41. The molecule has 7 heteroatoms. The van der Waals surface area contributed by atoms with Gasteiger partial charge in [0.25, 0.3) is 0 Å². The van der Waals surface area contributed by atoms with E-state index in [-0.39, 0.29) is 23.4 Å². The van der Waals surface area contributed by atoms with Crippen LogP contribution in [0.15, 0.2) is 0 Å². The first-order valence-electron chi connectivity index (χ1n) is 8.57. The molecule has 4 atom stereocenters. The molecule has 0 N–H and O–H groups in total. The van der Waals surface area contributed by atoms with Gasteiger partial charge in [-0.2, -0.15) is 0 Å². The van der Waals surface area contributed by atoms with E-state index in [2.05, 4.69) is 38.8 Å². The van der Waals surface area contributed by atoms with Crippen LogP contribution in [0.25, 0.3) is 0 Å². The quantitative estimate of drug-likeness (QED) is 0.711. The van der Waals surface area contributed by atoms with Gasteiger partial charge in [0.15, 0.2) is 8.32 Å². The van der Waals surface area contributed by atoms with Crippen LogP contribution in [0, 0.1) is 0 Å². The van der Waals surface area contributed by atoms with Crippen molar-refractivity contribution in [3.63, 3.8) is 0 Å². The molecule has 0 spiro atoms. The van der Waals surface area contributed by atoms with Crippen LogP contribution in [-0.4, -0.2) is 85.3 Å². The highest BCUT2D eigenvalue weighted by atomic mass is 28.4. The summed E-state index contributed by atoms with van der Waals surface area (Å²) in [7, 11) is 5.91. The lowest BCUT2D eigenvalue weighted by atomic mass is 9.93. The third-order valence-electron chi connectivity index (χ3n) is 5.40. The fourth-order valence-electron chi connectivity index (χ4n) is 2.87. The topological polar surface area (TPSA) is 40.2 Å². The molecule has 2 fully saturated rings. The molecule has 0 aromatic heterocycles. The Kier molecular flexibility index (Phi) is 6.36. The molecule has 0 amide bonds. The highest BCUT2D eigenvalue weighted by molar-refractivity contribution is 6.74.